The maximum absolute atomic E-state index is 12.6. The summed E-state index contributed by atoms with van der Waals surface area (Å²) in [7, 11) is 1.55. The van der Waals surface area contributed by atoms with E-state index in [-0.39, 0.29) is 24.3 Å². The van der Waals surface area contributed by atoms with Crippen molar-refractivity contribution in [1.29, 1.82) is 0 Å². The van der Waals surface area contributed by atoms with Gasteiger partial charge in [0, 0.05) is 20.1 Å². The number of anilines is 1. The minimum atomic E-state index is -0.895. The number of hydrogen-bond acceptors (Lipinski definition) is 7. The largest absolute Gasteiger partial charge is 0.491 e. The molecule has 0 spiro atoms. The molecule has 0 bridgehead atoms. The fourth-order valence-electron chi connectivity index (χ4n) is 3.57. The molecule has 3 rings (SSSR count). The number of H-pyrrole nitrogens is 1. The van der Waals surface area contributed by atoms with Crippen LogP contribution in [0.4, 0.5) is 5.95 Å². The van der Waals surface area contributed by atoms with Crippen LogP contribution in [-0.4, -0.2) is 68.0 Å². The van der Waals surface area contributed by atoms with Gasteiger partial charge in [-0.2, -0.15) is 4.98 Å². The van der Waals surface area contributed by atoms with Crippen LogP contribution in [0.15, 0.2) is 33.9 Å². The Labute approximate surface area is 186 Å². The van der Waals surface area contributed by atoms with Crippen LogP contribution >= 0.6 is 0 Å². The van der Waals surface area contributed by atoms with Gasteiger partial charge in [-0.05, 0) is 37.7 Å². The Balaban J connectivity index is 1.84. The number of benzene rings is 1. The molecule has 0 fully saturated rings. The van der Waals surface area contributed by atoms with Crippen LogP contribution in [-0.2, 0) is 13.6 Å². The highest BCUT2D eigenvalue weighted by Crippen LogP contribution is 2.17. The van der Waals surface area contributed by atoms with Crippen molar-refractivity contribution in [1.82, 2.24) is 24.0 Å². The molecule has 10 nitrogen and oxygen atoms in total. The second kappa shape index (κ2) is 10.5. The molecule has 2 aromatic heterocycles. The van der Waals surface area contributed by atoms with Gasteiger partial charge >= 0.3 is 5.69 Å². The number of rotatable bonds is 11. The number of aliphatic hydroxyl groups is 1. The Morgan fingerprint density at radius 2 is 2.03 bits per heavy atom. The van der Waals surface area contributed by atoms with Gasteiger partial charge in [-0.15, -0.1) is 0 Å². The fraction of sp³-hybridized carbons (Fsp3) is 0.500. The Kier molecular flexibility index (Phi) is 7.70. The van der Waals surface area contributed by atoms with Gasteiger partial charge < -0.3 is 24.6 Å². The van der Waals surface area contributed by atoms with E-state index in [4.69, 9.17) is 4.74 Å². The van der Waals surface area contributed by atoms with Crippen LogP contribution in [0.3, 0.4) is 0 Å². The van der Waals surface area contributed by atoms with Crippen LogP contribution in [0.2, 0.25) is 0 Å². The molecule has 32 heavy (non-hydrogen) atoms. The number of aromatic amines is 1. The summed E-state index contributed by atoms with van der Waals surface area (Å²) in [6, 6.07) is 7.57. The van der Waals surface area contributed by atoms with E-state index in [0.29, 0.717) is 18.2 Å². The van der Waals surface area contributed by atoms with Gasteiger partial charge in [0.2, 0.25) is 5.95 Å². The molecule has 0 unspecified atom stereocenters. The van der Waals surface area contributed by atoms with Gasteiger partial charge in [-0.25, -0.2) is 4.79 Å². The summed E-state index contributed by atoms with van der Waals surface area (Å²) in [4.78, 5) is 33.7. The van der Waals surface area contributed by atoms with E-state index in [1.54, 1.807) is 11.6 Å². The number of ether oxygens (including phenoxy) is 1. The van der Waals surface area contributed by atoms with Crippen LogP contribution in [0.5, 0.6) is 5.75 Å². The van der Waals surface area contributed by atoms with Crippen LogP contribution < -0.4 is 21.3 Å². The maximum atomic E-state index is 12.6. The molecule has 1 aromatic carbocycles. The molecule has 1 atom stereocenters. The van der Waals surface area contributed by atoms with E-state index in [0.717, 1.165) is 25.2 Å². The lowest BCUT2D eigenvalue weighted by molar-refractivity contribution is 0.0938. The number of nitrogens with one attached hydrogen (secondary N) is 2. The van der Waals surface area contributed by atoms with Gasteiger partial charge in [0.15, 0.2) is 11.2 Å². The minimum absolute atomic E-state index is 0.0473. The van der Waals surface area contributed by atoms with Gasteiger partial charge in [-0.1, -0.05) is 26.0 Å². The second-order valence-electron chi connectivity index (χ2n) is 7.77. The molecule has 10 heteroatoms. The van der Waals surface area contributed by atoms with E-state index < -0.39 is 17.4 Å². The van der Waals surface area contributed by atoms with Gasteiger partial charge in [0.25, 0.3) is 5.56 Å². The number of likely N-dealkylation sites (N-methyl/N-ethyl adjacent to an activating group) is 1. The predicted octanol–water partition coefficient (Wildman–Crippen LogP) is 0.925. The maximum Gasteiger partial charge on any atom is 0.329 e. The van der Waals surface area contributed by atoms with Gasteiger partial charge in [-0.3, -0.25) is 14.3 Å². The topological polar surface area (TPSA) is 117 Å². The van der Waals surface area contributed by atoms with E-state index >= 15 is 0 Å². The van der Waals surface area contributed by atoms with Gasteiger partial charge in [0.05, 0.1) is 6.54 Å². The fourth-order valence-corrected chi connectivity index (χ4v) is 3.57. The molecule has 174 valence electrons. The van der Waals surface area contributed by atoms with Crippen LogP contribution in [0, 0.1) is 6.92 Å². The molecular formula is C22H32N6O4. The quantitative estimate of drug-likeness (QED) is 0.403. The van der Waals surface area contributed by atoms with Crippen molar-refractivity contribution in [2.45, 2.75) is 33.4 Å². The minimum Gasteiger partial charge on any atom is -0.491 e. The summed E-state index contributed by atoms with van der Waals surface area (Å²) < 4.78 is 8.61. The highest BCUT2D eigenvalue weighted by molar-refractivity contribution is 5.74. The second-order valence-corrected chi connectivity index (χ2v) is 7.77. The molecular weight excluding hydrogens is 412 g/mol. The lowest BCUT2D eigenvalue weighted by atomic mass is 10.2. The Morgan fingerprint density at radius 1 is 1.28 bits per heavy atom. The first-order valence-corrected chi connectivity index (χ1v) is 10.9. The average molecular weight is 445 g/mol. The summed E-state index contributed by atoms with van der Waals surface area (Å²) in [5.41, 5.74) is 0.469. The van der Waals surface area contributed by atoms with E-state index in [9.17, 15) is 14.7 Å². The number of imidazole rings is 1. The summed E-state index contributed by atoms with van der Waals surface area (Å²) >= 11 is 0. The number of aliphatic hydroxyl groups excluding tert-OH is 1. The first-order chi connectivity index (χ1) is 15.3. The number of nitrogens with zero attached hydrogens (tertiary/aromatic N) is 4. The van der Waals surface area contributed by atoms with Crippen molar-refractivity contribution in [2.24, 2.45) is 7.05 Å². The van der Waals surface area contributed by atoms with Gasteiger partial charge in [0.1, 0.15) is 18.5 Å². The van der Waals surface area contributed by atoms with Crippen molar-refractivity contribution in [2.75, 3.05) is 38.1 Å². The summed E-state index contributed by atoms with van der Waals surface area (Å²) in [6.45, 7) is 9.54. The zero-order chi connectivity index (χ0) is 23.3. The van der Waals surface area contributed by atoms with E-state index in [1.807, 2.05) is 31.2 Å². The van der Waals surface area contributed by atoms with E-state index in [2.05, 4.69) is 34.0 Å². The average Bonchev–Trinajstić information content (AvgIpc) is 3.12. The molecule has 0 aliphatic rings. The normalized spacial score (nSPS) is 12.4. The Hall–Kier alpha value is -3.11. The monoisotopic (exact) mass is 444 g/mol. The Bertz CT molecular complexity index is 1160. The third-order valence-corrected chi connectivity index (χ3v) is 5.44. The summed E-state index contributed by atoms with van der Waals surface area (Å²) in [5, 5.41) is 13.9. The SMILES string of the molecule is CCN(CC)CCNc1nc2c(c(=O)[nH]c(=O)n2C)n1C[C@@H](O)COc1cccc(C)c1. The molecule has 0 aliphatic heterocycles. The molecule has 2 heterocycles. The highest BCUT2D eigenvalue weighted by Gasteiger charge is 2.20. The lowest BCUT2D eigenvalue weighted by Crippen LogP contribution is -2.31. The molecule has 0 amide bonds. The summed E-state index contributed by atoms with van der Waals surface area (Å²) in [5.74, 6) is 1.09. The third kappa shape index (κ3) is 5.38. The lowest BCUT2D eigenvalue weighted by Gasteiger charge is -2.19. The number of fused-ring (bicyclic) bond motifs is 1. The number of aromatic nitrogens is 4. The van der Waals surface area contributed by atoms with E-state index in [1.165, 1.54) is 4.57 Å². The molecule has 0 radical (unpaired) electrons. The highest BCUT2D eigenvalue weighted by atomic mass is 16.5. The van der Waals surface area contributed by atoms with Crippen LogP contribution in [0.1, 0.15) is 19.4 Å². The zero-order valence-electron chi connectivity index (χ0n) is 19.1. The van der Waals surface area contributed by atoms with Crippen molar-refractivity contribution < 1.29 is 9.84 Å². The first kappa shape index (κ1) is 23.6. The van der Waals surface area contributed by atoms with Crippen molar-refractivity contribution in [3.63, 3.8) is 0 Å². The molecule has 0 aliphatic carbocycles. The molecule has 0 saturated carbocycles. The zero-order valence-corrected chi connectivity index (χ0v) is 19.1. The Morgan fingerprint density at radius 3 is 2.72 bits per heavy atom. The third-order valence-electron chi connectivity index (χ3n) is 5.44. The predicted molar refractivity (Wildman–Crippen MR) is 125 cm³/mol. The molecule has 0 saturated heterocycles. The van der Waals surface area contributed by atoms with Crippen molar-refractivity contribution in [3.8, 4) is 5.75 Å². The number of hydrogen-bond donors (Lipinski definition) is 3. The molecule has 3 N–H and O–H groups in total. The first-order valence-electron chi connectivity index (χ1n) is 10.9. The van der Waals surface area contributed by atoms with Crippen LogP contribution in [0.25, 0.3) is 11.2 Å². The standard InChI is InChI=1S/C22H32N6O4/c1-5-27(6-2)11-10-23-21-24-19-18(20(30)25-22(31)26(19)4)28(21)13-16(29)14-32-17-9-7-8-15(3)12-17/h7-9,12,16,29H,5-6,10-11,13-14H2,1-4H3,(H,23,24)(H,25,30,31)/t16-/m1/s1. The van der Waals surface area contributed by atoms with Crippen molar-refractivity contribution in [3.05, 3.63) is 50.7 Å². The number of aryl methyl sites for hydroxylation is 2. The molecule has 3 aromatic rings. The smallest absolute Gasteiger partial charge is 0.329 e. The van der Waals surface area contributed by atoms with Crippen molar-refractivity contribution >= 4 is 17.1 Å². The summed E-state index contributed by atoms with van der Waals surface area (Å²) in [6.07, 6.45) is -0.895.